The zero-order valence-electron chi connectivity index (χ0n) is 19.9. The molecule has 0 N–H and O–H groups in total. The number of carbonyl (C=O) groups is 2. The number of piperazine rings is 1. The fourth-order valence-electron chi connectivity index (χ4n) is 4.69. The van der Waals surface area contributed by atoms with Crippen molar-refractivity contribution in [2.45, 2.75) is 24.2 Å². The molecule has 0 aliphatic carbocycles. The third kappa shape index (κ3) is 5.47. The molecule has 10 nitrogen and oxygen atoms in total. The Kier molecular flexibility index (Phi) is 7.63. The van der Waals surface area contributed by atoms with Crippen LogP contribution in [-0.2, 0) is 19.6 Å². The van der Waals surface area contributed by atoms with Gasteiger partial charge in [-0.1, -0.05) is 0 Å². The van der Waals surface area contributed by atoms with Crippen LogP contribution in [0.15, 0.2) is 23.1 Å². The molecule has 2 fully saturated rings. The summed E-state index contributed by atoms with van der Waals surface area (Å²) in [7, 11) is -0.189. The number of ether oxygens (including phenoxy) is 2. The highest BCUT2D eigenvalue weighted by Gasteiger charge is 2.33. The summed E-state index contributed by atoms with van der Waals surface area (Å²) in [5.74, 6) is 1.00. The molecule has 34 heavy (non-hydrogen) atoms. The number of piperidine rings is 1. The summed E-state index contributed by atoms with van der Waals surface area (Å²) in [6.45, 7) is 3.83. The second kappa shape index (κ2) is 10.5. The molecule has 3 aliphatic rings. The predicted molar refractivity (Wildman–Crippen MR) is 125 cm³/mol. The number of amides is 2. The first-order chi connectivity index (χ1) is 16.3. The highest BCUT2D eigenvalue weighted by molar-refractivity contribution is 7.89. The highest BCUT2D eigenvalue weighted by Crippen LogP contribution is 2.33. The van der Waals surface area contributed by atoms with Crippen molar-refractivity contribution in [3.63, 3.8) is 0 Å². The normalized spacial score (nSPS) is 22.2. The maximum absolute atomic E-state index is 13.2. The van der Waals surface area contributed by atoms with Crippen LogP contribution in [0.4, 0.5) is 0 Å². The molecule has 2 amide bonds. The average Bonchev–Trinajstić information content (AvgIpc) is 3.08. The van der Waals surface area contributed by atoms with Crippen LogP contribution in [0, 0.1) is 5.92 Å². The van der Waals surface area contributed by atoms with Gasteiger partial charge in [0.2, 0.25) is 21.8 Å². The van der Waals surface area contributed by atoms with Gasteiger partial charge in [0.05, 0.1) is 30.6 Å². The molecule has 0 bridgehead atoms. The number of hydrogen-bond donors (Lipinski definition) is 0. The SMILES string of the molecule is CN(C)C(=O)C1CCCN(CC(=O)N2CCN(S(=O)(=O)c3ccc4c(c3)OCCCO4)CC2)C1. The second-order valence-electron chi connectivity index (χ2n) is 9.25. The van der Waals surface area contributed by atoms with Gasteiger partial charge in [0.15, 0.2) is 11.5 Å². The van der Waals surface area contributed by atoms with E-state index in [1.54, 1.807) is 36.0 Å². The van der Waals surface area contributed by atoms with E-state index < -0.39 is 10.0 Å². The summed E-state index contributed by atoms with van der Waals surface area (Å²) < 4.78 is 39.0. The minimum absolute atomic E-state index is 0.0226. The minimum atomic E-state index is -3.70. The molecule has 11 heteroatoms. The van der Waals surface area contributed by atoms with Gasteiger partial charge in [-0.2, -0.15) is 4.31 Å². The molecule has 1 unspecified atom stereocenters. The Labute approximate surface area is 201 Å². The molecule has 0 radical (unpaired) electrons. The molecule has 1 atom stereocenters. The third-order valence-electron chi connectivity index (χ3n) is 6.60. The number of nitrogens with zero attached hydrogens (tertiary/aromatic N) is 4. The van der Waals surface area contributed by atoms with Gasteiger partial charge in [0.1, 0.15) is 0 Å². The van der Waals surface area contributed by atoms with Gasteiger partial charge >= 0.3 is 0 Å². The van der Waals surface area contributed by atoms with Crippen molar-refractivity contribution >= 4 is 21.8 Å². The molecule has 0 saturated carbocycles. The zero-order valence-corrected chi connectivity index (χ0v) is 20.8. The lowest BCUT2D eigenvalue weighted by Crippen LogP contribution is -2.53. The summed E-state index contributed by atoms with van der Waals surface area (Å²) in [6, 6.07) is 4.71. The number of sulfonamides is 1. The Bertz CT molecular complexity index is 1010. The molecular formula is C23H34N4O6S. The molecule has 1 aromatic carbocycles. The van der Waals surface area contributed by atoms with Gasteiger partial charge in [-0.05, 0) is 31.5 Å². The van der Waals surface area contributed by atoms with E-state index in [4.69, 9.17) is 9.47 Å². The van der Waals surface area contributed by atoms with Crippen LogP contribution >= 0.6 is 0 Å². The second-order valence-corrected chi connectivity index (χ2v) is 11.2. The Hall–Kier alpha value is -2.37. The van der Waals surface area contributed by atoms with E-state index in [1.165, 1.54) is 10.4 Å². The maximum Gasteiger partial charge on any atom is 0.243 e. The zero-order chi connectivity index (χ0) is 24.3. The van der Waals surface area contributed by atoms with E-state index in [9.17, 15) is 18.0 Å². The first kappa shape index (κ1) is 24.7. The Balaban J connectivity index is 1.32. The van der Waals surface area contributed by atoms with E-state index >= 15 is 0 Å². The van der Waals surface area contributed by atoms with Crippen molar-refractivity contribution in [1.29, 1.82) is 0 Å². The van der Waals surface area contributed by atoms with Crippen LogP contribution in [0.1, 0.15) is 19.3 Å². The molecule has 2 saturated heterocycles. The predicted octanol–water partition coefficient (Wildman–Crippen LogP) is 0.481. The van der Waals surface area contributed by atoms with Crippen molar-refractivity contribution in [2.24, 2.45) is 5.92 Å². The molecule has 188 valence electrons. The van der Waals surface area contributed by atoms with Crippen LogP contribution in [0.3, 0.4) is 0 Å². The first-order valence-corrected chi connectivity index (χ1v) is 13.3. The summed E-state index contributed by atoms with van der Waals surface area (Å²) in [5.41, 5.74) is 0. The lowest BCUT2D eigenvalue weighted by Gasteiger charge is -2.37. The van der Waals surface area contributed by atoms with Crippen LogP contribution in [-0.4, -0.2) is 112 Å². The summed E-state index contributed by atoms with van der Waals surface area (Å²) in [4.78, 5) is 30.7. The van der Waals surface area contributed by atoms with Gasteiger partial charge in [-0.3, -0.25) is 14.5 Å². The van der Waals surface area contributed by atoms with Crippen molar-refractivity contribution in [3.05, 3.63) is 18.2 Å². The summed E-state index contributed by atoms with van der Waals surface area (Å²) in [6.07, 6.45) is 2.48. The van der Waals surface area contributed by atoms with Gasteiger partial charge < -0.3 is 19.3 Å². The standard InChI is InChI=1S/C23H34N4O6S/c1-24(2)23(29)18-5-3-8-25(16-18)17-22(28)26-9-11-27(12-10-26)34(30,31)19-6-7-20-21(15-19)33-14-4-13-32-20/h6-7,15,18H,3-5,8-14,16-17H2,1-2H3. The number of benzene rings is 1. The van der Waals surface area contributed by atoms with Crippen LogP contribution in [0.25, 0.3) is 0 Å². The minimum Gasteiger partial charge on any atom is -0.490 e. The number of fused-ring (bicyclic) bond motifs is 1. The number of likely N-dealkylation sites (tertiary alicyclic amines) is 1. The maximum atomic E-state index is 13.2. The Morgan fingerprint density at radius 2 is 1.71 bits per heavy atom. The van der Waals surface area contributed by atoms with Crippen LogP contribution in [0.2, 0.25) is 0 Å². The van der Waals surface area contributed by atoms with E-state index in [-0.39, 0.29) is 42.3 Å². The van der Waals surface area contributed by atoms with Gasteiger partial charge in [-0.15, -0.1) is 0 Å². The van der Waals surface area contributed by atoms with Crippen LogP contribution in [0.5, 0.6) is 11.5 Å². The largest absolute Gasteiger partial charge is 0.490 e. The lowest BCUT2D eigenvalue weighted by molar-refractivity contribution is -0.138. The first-order valence-electron chi connectivity index (χ1n) is 11.9. The van der Waals surface area contributed by atoms with E-state index in [0.717, 1.165) is 25.8 Å². The smallest absolute Gasteiger partial charge is 0.243 e. The molecule has 0 aromatic heterocycles. The van der Waals surface area contributed by atoms with E-state index in [0.29, 0.717) is 44.3 Å². The van der Waals surface area contributed by atoms with Crippen molar-refractivity contribution in [2.75, 3.05) is 73.1 Å². The number of rotatable bonds is 5. The fourth-order valence-corrected chi connectivity index (χ4v) is 6.13. The highest BCUT2D eigenvalue weighted by atomic mass is 32.2. The molecular weight excluding hydrogens is 460 g/mol. The molecule has 1 aromatic rings. The topological polar surface area (TPSA) is 99.7 Å². The van der Waals surface area contributed by atoms with Crippen LogP contribution < -0.4 is 9.47 Å². The molecule has 3 heterocycles. The van der Waals surface area contributed by atoms with Gasteiger partial charge in [0, 0.05) is 59.3 Å². The number of carbonyl (C=O) groups excluding carboxylic acids is 2. The summed E-state index contributed by atoms with van der Waals surface area (Å²) in [5, 5.41) is 0. The van der Waals surface area contributed by atoms with E-state index in [1.807, 2.05) is 4.90 Å². The summed E-state index contributed by atoms with van der Waals surface area (Å²) >= 11 is 0. The molecule has 4 rings (SSSR count). The molecule has 3 aliphatic heterocycles. The third-order valence-corrected chi connectivity index (χ3v) is 8.50. The fraction of sp³-hybridized carbons (Fsp3) is 0.652. The molecule has 0 spiro atoms. The van der Waals surface area contributed by atoms with Crippen molar-refractivity contribution in [3.8, 4) is 11.5 Å². The quantitative estimate of drug-likeness (QED) is 0.587. The van der Waals surface area contributed by atoms with Crippen molar-refractivity contribution in [1.82, 2.24) is 19.0 Å². The Morgan fingerprint density at radius 3 is 2.41 bits per heavy atom. The van der Waals surface area contributed by atoms with Gasteiger partial charge in [0.25, 0.3) is 0 Å². The monoisotopic (exact) mass is 494 g/mol. The average molecular weight is 495 g/mol. The Morgan fingerprint density at radius 1 is 1.00 bits per heavy atom. The van der Waals surface area contributed by atoms with Crippen molar-refractivity contribution < 1.29 is 27.5 Å². The number of hydrogen-bond acceptors (Lipinski definition) is 7. The van der Waals surface area contributed by atoms with Gasteiger partial charge in [-0.25, -0.2) is 8.42 Å². The lowest BCUT2D eigenvalue weighted by atomic mass is 9.97. The van der Waals surface area contributed by atoms with E-state index in [2.05, 4.69) is 0 Å².